The zero-order valence-electron chi connectivity index (χ0n) is 19.3. The summed E-state index contributed by atoms with van der Waals surface area (Å²) in [7, 11) is 2.16. The topological polar surface area (TPSA) is 83.5 Å². The lowest BCUT2D eigenvalue weighted by Gasteiger charge is -2.32. The Kier molecular flexibility index (Phi) is 6.80. The summed E-state index contributed by atoms with van der Waals surface area (Å²) >= 11 is 0. The monoisotopic (exact) mass is 474 g/mol. The number of nitrogens with zero attached hydrogens (tertiary/aromatic N) is 3. The van der Waals surface area contributed by atoms with Crippen molar-refractivity contribution in [3.8, 4) is 5.75 Å². The van der Waals surface area contributed by atoms with Crippen molar-refractivity contribution in [1.29, 1.82) is 0 Å². The SMILES string of the molecule is CN1CCC(n2cc(C3CCC4NNC(C(=O)Nc5ccc(OC(F)F)cc5)C4C3)cn2)CC1. The van der Waals surface area contributed by atoms with Crippen LogP contribution < -0.4 is 20.9 Å². The Morgan fingerprint density at radius 1 is 1.15 bits per heavy atom. The van der Waals surface area contributed by atoms with E-state index in [4.69, 9.17) is 5.10 Å². The number of amides is 1. The quantitative estimate of drug-likeness (QED) is 0.597. The molecule has 1 saturated carbocycles. The molecule has 3 aliphatic rings. The van der Waals surface area contributed by atoms with Gasteiger partial charge in [0.05, 0.1) is 12.2 Å². The number of likely N-dealkylation sites (tertiary alicyclic amines) is 1. The van der Waals surface area contributed by atoms with Crippen LogP contribution in [0.3, 0.4) is 0 Å². The van der Waals surface area contributed by atoms with E-state index in [0.29, 0.717) is 17.6 Å². The van der Waals surface area contributed by atoms with Crippen molar-refractivity contribution >= 4 is 11.6 Å². The first kappa shape index (κ1) is 23.2. The van der Waals surface area contributed by atoms with E-state index < -0.39 is 6.61 Å². The van der Waals surface area contributed by atoms with E-state index >= 15 is 0 Å². The van der Waals surface area contributed by atoms with Gasteiger partial charge >= 0.3 is 6.61 Å². The lowest BCUT2D eigenvalue weighted by atomic mass is 9.74. The lowest BCUT2D eigenvalue weighted by molar-refractivity contribution is -0.119. The molecule has 0 radical (unpaired) electrons. The van der Waals surface area contributed by atoms with Gasteiger partial charge in [0, 0.05) is 23.8 Å². The van der Waals surface area contributed by atoms with Crippen molar-refractivity contribution in [2.75, 3.05) is 25.5 Å². The largest absolute Gasteiger partial charge is 0.435 e. The lowest BCUT2D eigenvalue weighted by Crippen LogP contribution is -2.42. The maximum absolute atomic E-state index is 13.0. The smallest absolute Gasteiger partial charge is 0.387 e. The molecule has 3 N–H and O–H groups in total. The van der Waals surface area contributed by atoms with E-state index in [1.165, 1.54) is 17.7 Å². The van der Waals surface area contributed by atoms with Gasteiger partial charge < -0.3 is 15.0 Å². The van der Waals surface area contributed by atoms with Crippen LogP contribution in [0.4, 0.5) is 14.5 Å². The van der Waals surface area contributed by atoms with Crippen molar-refractivity contribution in [1.82, 2.24) is 25.5 Å². The zero-order chi connectivity index (χ0) is 23.7. The van der Waals surface area contributed by atoms with Crippen LogP contribution in [0, 0.1) is 5.92 Å². The van der Waals surface area contributed by atoms with Gasteiger partial charge in [-0.3, -0.25) is 14.9 Å². The summed E-state index contributed by atoms with van der Waals surface area (Å²) in [5.41, 5.74) is 8.28. The van der Waals surface area contributed by atoms with Gasteiger partial charge in [0.2, 0.25) is 5.91 Å². The van der Waals surface area contributed by atoms with Crippen LogP contribution in [0.15, 0.2) is 36.7 Å². The molecule has 0 bridgehead atoms. The zero-order valence-corrected chi connectivity index (χ0v) is 19.3. The van der Waals surface area contributed by atoms with Crippen LogP contribution in [0.2, 0.25) is 0 Å². The van der Waals surface area contributed by atoms with E-state index in [1.807, 2.05) is 6.20 Å². The molecule has 34 heavy (non-hydrogen) atoms. The predicted molar refractivity (Wildman–Crippen MR) is 124 cm³/mol. The number of alkyl halides is 2. The normalized spacial score (nSPS) is 28.1. The average molecular weight is 475 g/mol. The molecule has 5 rings (SSSR count). The molecule has 1 aromatic carbocycles. The summed E-state index contributed by atoms with van der Waals surface area (Å²) in [6.45, 7) is -0.673. The fraction of sp³-hybridized carbons (Fsp3) is 0.583. The molecule has 2 aromatic rings. The summed E-state index contributed by atoms with van der Waals surface area (Å²) < 4.78 is 31.2. The number of anilines is 1. The standard InChI is InChI=1S/C24H32F2N6O2/c1-31-10-8-18(9-11-31)32-14-16(13-27-32)15-2-7-21-20(12-15)22(30-29-21)23(33)28-17-3-5-19(6-4-17)34-24(25)26/h3-6,13-15,18,20-22,24,29-30H,2,7-12H2,1H3,(H,28,33). The minimum absolute atomic E-state index is 0.0598. The first-order chi connectivity index (χ1) is 16.5. The van der Waals surface area contributed by atoms with Gasteiger partial charge in [-0.2, -0.15) is 13.9 Å². The second kappa shape index (κ2) is 9.97. The minimum atomic E-state index is -2.87. The van der Waals surface area contributed by atoms with Crippen LogP contribution in [-0.2, 0) is 4.79 Å². The Balaban J connectivity index is 1.20. The van der Waals surface area contributed by atoms with Gasteiger partial charge in [0.15, 0.2) is 0 Å². The van der Waals surface area contributed by atoms with E-state index in [-0.39, 0.29) is 29.7 Å². The summed E-state index contributed by atoms with van der Waals surface area (Å²) in [6, 6.07) is 6.32. The molecule has 184 valence electrons. The third kappa shape index (κ3) is 5.08. The van der Waals surface area contributed by atoms with Crippen LogP contribution in [0.1, 0.15) is 49.6 Å². The highest BCUT2D eigenvalue weighted by Crippen LogP contribution is 2.40. The number of hydrogen-bond acceptors (Lipinski definition) is 6. The molecule has 10 heteroatoms. The summed E-state index contributed by atoms with van der Waals surface area (Å²) in [6.07, 6.45) is 9.44. The van der Waals surface area contributed by atoms with Gasteiger partial charge in [-0.05, 0) is 88.0 Å². The number of aromatic nitrogens is 2. The van der Waals surface area contributed by atoms with Crippen molar-refractivity contribution < 1.29 is 18.3 Å². The molecule has 8 nitrogen and oxygen atoms in total. The molecule has 4 unspecified atom stereocenters. The Bertz CT molecular complexity index is 976. The molecule has 1 aliphatic carbocycles. The van der Waals surface area contributed by atoms with Crippen LogP contribution >= 0.6 is 0 Å². The second-order valence-electron chi connectivity index (χ2n) is 9.73. The number of nitrogens with one attached hydrogen (secondary N) is 3. The first-order valence-corrected chi connectivity index (χ1v) is 12.1. The van der Waals surface area contributed by atoms with E-state index in [1.54, 1.807) is 12.1 Å². The number of hydrazine groups is 1. The van der Waals surface area contributed by atoms with Crippen molar-refractivity contribution in [2.24, 2.45) is 5.92 Å². The Morgan fingerprint density at radius 2 is 1.91 bits per heavy atom. The van der Waals surface area contributed by atoms with Crippen molar-refractivity contribution in [2.45, 2.75) is 62.8 Å². The Morgan fingerprint density at radius 3 is 2.65 bits per heavy atom. The number of fused-ring (bicyclic) bond motifs is 1. The van der Waals surface area contributed by atoms with E-state index in [0.717, 1.165) is 45.2 Å². The van der Waals surface area contributed by atoms with Crippen molar-refractivity contribution in [3.63, 3.8) is 0 Å². The number of ether oxygens (including phenoxy) is 1. The van der Waals surface area contributed by atoms with Crippen LogP contribution in [-0.4, -0.2) is 59.4 Å². The molecule has 3 heterocycles. The van der Waals surface area contributed by atoms with Gasteiger partial charge in [-0.15, -0.1) is 0 Å². The number of hydrogen-bond donors (Lipinski definition) is 3. The Hall–Kier alpha value is -2.56. The van der Waals surface area contributed by atoms with Crippen LogP contribution in [0.25, 0.3) is 0 Å². The van der Waals surface area contributed by atoms with Crippen molar-refractivity contribution in [3.05, 3.63) is 42.2 Å². The highest BCUT2D eigenvalue weighted by Gasteiger charge is 2.44. The molecule has 1 aromatic heterocycles. The molecule has 1 amide bonds. The van der Waals surface area contributed by atoms with Crippen LogP contribution in [0.5, 0.6) is 5.75 Å². The third-order valence-corrected chi connectivity index (χ3v) is 7.54. The minimum Gasteiger partial charge on any atom is -0.435 e. The number of carbonyl (C=O) groups excluding carboxylic acids is 1. The molecule has 4 atom stereocenters. The fourth-order valence-corrected chi connectivity index (χ4v) is 5.58. The first-order valence-electron chi connectivity index (χ1n) is 12.1. The maximum Gasteiger partial charge on any atom is 0.387 e. The number of benzene rings is 1. The van der Waals surface area contributed by atoms with Gasteiger partial charge in [-0.25, -0.2) is 5.43 Å². The van der Waals surface area contributed by atoms with Gasteiger partial charge in [-0.1, -0.05) is 0 Å². The highest BCUT2D eigenvalue weighted by molar-refractivity contribution is 5.95. The summed E-state index contributed by atoms with van der Waals surface area (Å²) in [4.78, 5) is 15.4. The van der Waals surface area contributed by atoms with E-state index in [9.17, 15) is 13.6 Å². The average Bonchev–Trinajstić information content (AvgIpc) is 3.48. The molecular formula is C24H32F2N6O2. The maximum atomic E-state index is 13.0. The fourth-order valence-electron chi connectivity index (χ4n) is 5.58. The summed E-state index contributed by atoms with van der Waals surface area (Å²) in [5, 5.41) is 7.59. The molecule has 3 fully saturated rings. The summed E-state index contributed by atoms with van der Waals surface area (Å²) in [5.74, 6) is 0.464. The predicted octanol–water partition coefficient (Wildman–Crippen LogP) is 3.12. The number of halogens is 2. The van der Waals surface area contributed by atoms with E-state index in [2.05, 4.69) is 43.7 Å². The number of carbonyl (C=O) groups is 1. The third-order valence-electron chi connectivity index (χ3n) is 7.54. The molecule has 2 saturated heterocycles. The van der Waals surface area contributed by atoms with Gasteiger partial charge in [0.25, 0.3) is 0 Å². The molecule has 2 aliphatic heterocycles. The second-order valence-corrected chi connectivity index (χ2v) is 9.73. The van der Waals surface area contributed by atoms with Gasteiger partial charge in [0.1, 0.15) is 11.8 Å². The molecular weight excluding hydrogens is 442 g/mol. The molecule has 0 spiro atoms. The number of rotatable bonds is 6. The Labute approximate surface area is 198 Å². The number of piperidine rings is 1. The highest BCUT2D eigenvalue weighted by atomic mass is 19.3.